The Labute approximate surface area is 172 Å². The Balaban J connectivity index is 1.64. The molecule has 2 rings (SSSR count). The van der Waals surface area contributed by atoms with E-state index in [0.29, 0.717) is 16.9 Å². The normalized spacial score (nSPS) is 10.1. The molecule has 2 aromatic rings. The fourth-order valence-electron chi connectivity index (χ4n) is 2.37. The number of carbonyl (C=O) groups is 4. The summed E-state index contributed by atoms with van der Waals surface area (Å²) in [6, 6.07) is 11.3. The van der Waals surface area contributed by atoms with Gasteiger partial charge < -0.3 is 20.1 Å². The van der Waals surface area contributed by atoms with Gasteiger partial charge in [-0.3, -0.25) is 14.4 Å². The largest absolute Gasteiger partial charge is 0.465 e. The standard InChI is InChI=1S/C21H21FN2O6/c1-29-21(28)14-5-9-16(10-6-14)24-19(26)13-30-20(27)4-2-3-18(25)23-17-11-7-15(22)8-12-17/h5-12H,2-4,13H2,1H3,(H,23,25)(H,24,26). The van der Waals surface area contributed by atoms with Crippen molar-refractivity contribution in [3.63, 3.8) is 0 Å². The number of methoxy groups -OCH3 is 1. The van der Waals surface area contributed by atoms with Crippen molar-refractivity contribution >= 4 is 35.1 Å². The Morgan fingerprint density at radius 3 is 2.00 bits per heavy atom. The number of hydrogen-bond donors (Lipinski definition) is 2. The van der Waals surface area contributed by atoms with Crippen LogP contribution < -0.4 is 10.6 Å². The molecule has 0 unspecified atom stereocenters. The highest BCUT2D eigenvalue weighted by molar-refractivity contribution is 5.94. The fraction of sp³-hybridized carbons (Fsp3) is 0.238. The van der Waals surface area contributed by atoms with E-state index in [4.69, 9.17) is 4.74 Å². The van der Waals surface area contributed by atoms with Crippen LogP contribution in [-0.4, -0.2) is 37.5 Å². The quantitative estimate of drug-likeness (QED) is 0.608. The van der Waals surface area contributed by atoms with Crippen LogP contribution in [0, 0.1) is 5.82 Å². The number of esters is 2. The first-order chi connectivity index (χ1) is 14.4. The molecule has 8 nitrogen and oxygen atoms in total. The maximum Gasteiger partial charge on any atom is 0.337 e. The summed E-state index contributed by atoms with van der Waals surface area (Å²) < 4.78 is 22.3. The predicted octanol–water partition coefficient (Wildman–Crippen LogP) is 2.90. The van der Waals surface area contributed by atoms with Crippen LogP contribution >= 0.6 is 0 Å². The van der Waals surface area contributed by atoms with E-state index in [1.165, 1.54) is 55.6 Å². The van der Waals surface area contributed by atoms with Gasteiger partial charge in [0.2, 0.25) is 5.91 Å². The molecular formula is C21H21FN2O6. The van der Waals surface area contributed by atoms with E-state index in [2.05, 4.69) is 15.4 Å². The lowest BCUT2D eigenvalue weighted by molar-refractivity contribution is -0.147. The zero-order chi connectivity index (χ0) is 21.9. The number of anilines is 2. The Bertz CT molecular complexity index is 897. The van der Waals surface area contributed by atoms with Crippen molar-refractivity contribution < 1.29 is 33.0 Å². The maximum atomic E-state index is 12.8. The molecule has 2 aromatic carbocycles. The van der Waals surface area contributed by atoms with Crippen LogP contribution in [0.2, 0.25) is 0 Å². The second-order valence-electron chi connectivity index (χ2n) is 6.19. The average Bonchev–Trinajstić information content (AvgIpc) is 2.74. The fourth-order valence-corrected chi connectivity index (χ4v) is 2.37. The van der Waals surface area contributed by atoms with E-state index in [0.717, 1.165) is 0 Å². The minimum absolute atomic E-state index is 0.0298. The molecule has 0 bridgehead atoms. The molecule has 0 aliphatic rings. The summed E-state index contributed by atoms with van der Waals surface area (Å²) in [6.45, 7) is -0.473. The minimum atomic E-state index is -0.610. The van der Waals surface area contributed by atoms with Crippen LogP contribution in [0.25, 0.3) is 0 Å². The third-order valence-corrected chi connectivity index (χ3v) is 3.87. The Kier molecular flexibility index (Phi) is 8.49. The topological polar surface area (TPSA) is 111 Å². The molecule has 0 aliphatic heterocycles. The van der Waals surface area contributed by atoms with Crippen LogP contribution in [0.1, 0.15) is 29.6 Å². The number of nitrogens with one attached hydrogen (secondary N) is 2. The van der Waals surface area contributed by atoms with Crippen LogP contribution in [0.5, 0.6) is 0 Å². The summed E-state index contributed by atoms with van der Waals surface area (Å²) in [4.78, 5) is 46.7. The molecule has 0 saturated heterocycles. The molecule has 2 amide bonds. The van der Waals surface area contributed by atoms with Gasteiger partial charge in [-0.1, -0.05) is 0 Å². The van der Waals surface area contributed by atoms with Gasteiger partial charge in [0.1, 0.15) is 5.82 Å². The molecule has 0 radical (unpaired) electrons. The molecule has 0 aliphatic carbocycles. The lowest BCUT2D eigenvalue weighted by Gasteiger charge is -2.08. The summed E-state index contributed by atoms with van der Waals surface area (Å²) in [7, 11) is 1.27. The van der Waals surface area contributed by atoms with Gasteiger partial charge in [0.05, 0.1) is 12.7 Å². The molecule has 0 fully saturated rings. The number of rotatable bonds is 9. The summed E-state index contributed by atoms with van der Waals surface area (Å²) >= 11 is 0. The molecule has 9 heteroatoms. The van der Waals surface area contributed by atoms with Gasteiger partial charge >= 0.3 is 11.9 Å². The van der Waals surface area contributed by atoms with Gasteiger partial charge in [0.25, 0.3) is 5.91 Å². The molecule has 30 heavy (non-hydrogen) atoms. The lowest BCUT2D eigenvalue weighted by Crippen LogP contribution is -2.21. The van der Waals surface area contributed by atoms with Crippen molar-refractivity contribution in [2.24, 2.45) is 0 Å². The van der Waals surface area contributed by atoms with E-state index in [1.807, 2.05) is 0 Å². The first-order valence-corrected chi connectivity index (χ1v) is 9.06. The van der Waals surface area contributed by atoms with Crippen LogP contribution in [-0.2, 0) is 23.9 Å². The van der Waals surface area contributed by atoms with E-state index in [1.54, 1.807) is 0 Å². The second-order valence-corrected chi connectivity index (χ2v) is 6.19. The average molecular weight is 416 g/mol. The van der Waals surface area contributed by atoms with Gasteiger partial charge in [-0.25, -0.2) is 9.18 Å². The molecule has 0 heterocycles. The van der Waals surface area contributed by atoms with Crippen molar-refractivity contribution in [3.8, 4) is 0 Å². The number of halogens is 1. The van der Waals surface area contributed by atoms with E-state index >= 15 is 0 Å². The van der Waals surface area contributed by atoms with Crippen LogP contribution in [0.4, 0.5) is 15.8 Å². The van der Waals surface area contributed by atoms with Crippen molar-refractivity contribution in [3.05, 3.63) is 59.9 Å². The van der Waals surface area contributed by atoms with Gasteiger partial charge in [-0.2, -0.15) is 0 Å². The van der Waals surface area contributed by atoms with Gasteiger partial charge in [-0.15, -0.1) is 0 Å². The molecule has 2 N–H and O–H groups in total. The van der Waals surface area contributed by atoms with Crippen LogP contribution in [0.15, 0.2) is 48.5 Å². The number of amides is 2. The van der Waals surface area contributed by atoms with E-state index in [9.17, 15) is 23.6 Å². The lowest BCUT2D eigenvalue weighted by atomic mass is 10.2. The van der Waals surface area contributed by atoms with Crippen molar-refractivity contribution in [1.82, 2.24) is 0 Å². The van der Waals surface area contributed by atoms with Gasteiger partial charge in [0.15, 0.2) is 6.61 Å². The van der Waals surface area contributed by atoms with Crippen molar-refractivity contribution in [1.29, 1.82) is 0 Å². The zero-order valence-electron chi connectivity index (χ0n) is 16.3. The van der Waals surface area contributed by atoms with Gasteiger partial charge in [-0.05, 0) is 55.0 Å². The second kappa shape index (κ2) is 11.3. The van der Waals surface area contributed by atoms with E-state index < -0.39 is 30.3 Å². The molecule has 0 spiro atoms. The molecule has 0 atom stereocenters. The van der Waals surface area contributed by atoms with Gasteiger partial charge in [0, 0.05) is 24.2 Å². The van der Waals surface area contributed by atoms with Crippen molar-refractivity contribution in [2.75, 3.05) is 24.4 Å². The van der Waals surface area contributed by atoms with E-state index in [-0.39, 0.29) is 25.2 Å². The third kappa shape index (κ3) is 7.70. The zero-order valence-corrected chi connectivity index (χ0v) is 16.3. The number of ether oxygens (including phenoxy) is 2. The molecular weight excluding hydrogens is 395 g/mol. The first-order valence-electron chi connectivity index (χ1n) is 9.06. The third-order valence-electron chi connectivity index (χ3n) is 3.87. The summed E-state index contributed by atoms with van der Waals surface area (Å²) in [6.07, 6.45) is 0.283. The Morgan fingerprint density at radius 1 is 0.833 bits per heavy atom. The highest BCUT2D eigenvalue weighted by Gasteiger charge is 2.11. The summed E-state index contributed by atoms with van der Waals surface area (Å²) in [5.41, 5.74) is 1.23. The SMILES string of the molecule is COC(=O)c1ccc(NC(=O)COC(=O)CCCC(=O)Nc2ccc(F)cc2)cc1. The number of hydrogen-bond acceptors (Lipinski definition) is 6. The molecule has 0 saturated carbocycles. The Morgan fingerprint density at radius 2 is 1.40 bits per heavy atom. The van der Waals surface area contributed by atoms with Crippen LogP contribution in [0.3, 0.4) is 0 Å². The molecule has 0 aromatic heterocycles. The Hall–Kier alpha value is -3.75. The highest BCUT2D eigenvalue weighted by Crippen LogP contribution is 2.11. The molecule has 158 valence electrons. The maximum absolute atomic E-state index is 12.8. The monoisotopic (exact) mass is 416 g/mol. The first kappa shape index (κ1) is 22.5. The van der Waals surface area contributed by atoms with Crippen molar-refractivity contribution in [2.45, 2.75) is 19.3 Å². The predicted molar refractivity (Wildman–Crippen MR) is 106 cm³/mol. The summed E-state index contributed by atoms with van der Waals surface area (Å²) in [5.74, 6) is -2.36. The number of carbonyl (C=O) groups excluding carboxylic acids is 4. The number of benzene rings is 2. The highest BCUT2D eigenvalue weighted by atomic mass is 19.1. The minimum Gasteiger partial charge on any atom is -0.465 e. The smallest absolute Gasteiger partial charge is 0.337 e. The summed E-state index contributed by atoms with van der Waals surface area (Å²) in [5, 5.41) is 5.11.